The summed E-state index contributed by atoms with van der Waals surface area (Å²) >= 11 is 0. The lowest BCUT2D eigenvalue weighted by Gasteiger charge is -2.09. The quantitative estimate of drug-likeness (QED) is 0.603. The molecule has 1 rings (SSSR count). The summed E-state index contributed by atoms with van der Waals surface area (Å²) in [7, 11) is 0. The first kappa shape index (κ1) is 8.23. The van der Waals surface area contributed by atoms with E-state index in [2.05, 4.69) is 11.2 Å². The predicted molar refractivity (Wildman–Crippen MR) is 38.7 cm³/mol. The van der Waals surface area contributed by atoms with Gasteiger partial charge in [0.2, 0.25) is 0 Å². The highest BCUT2D eigenvalue weighted by molar-refractivity contribution is 4.75. The van der Waals surface area contributed by atoms with E-state index in [9.17, 15) is 0 Å². The largest absolute Gasteiger partial charge is 0.396 e. The van der Waals surface area contributed by atoms with Gasteiger partial charge in [0.15, 0.2) is 0 Å². The molecule has 0 aliphatic rings. The van der Waals surface area contributed by atoms with Gasteiger partial charge in [-0.25, -0.2) is 0 Å². The number of hydrogen-bond acceptors (Lipinski definition) is 3. The van der Waals surface area contributed by atoms with Crippen LogP contribution in [0.2, 0.25) is 0 Å². The topological polar surface area (TPSA) is 58.3 Å². The van der Waals surface area contributed by atoms with Crippen LogP contribution >= 0.6 is 0 Å². The molecule has 0 amide bonds. The summed E-state index contributed by atoms with van der Waals surface area (Å²) in [4.78, 5) is 0. The van der Waals surface area contributed by atoms with Crippen LogP contribution < -0.4 is 0 Å². The molecule has 2 N–H and O–H groups in total. The molecule has 0 aromatic carbocycles. The zero-order chi connectivity index (χ0) is 8.10. The number of aliphatic hydroxyl groups excluding tert-OH is 2. The standard InChI is InChI=1S/C7H11N2O2/c10-5-7(6-11)4-9-3-1-2-8-9/h2-3,7,10-11H,4-6H2. The fraction of sp³-hybridized carbons (Fsp3) is 0.571. The molecule has 0 atom stereocenters. The second kappa shape index (κ2) is 4.10. The highest BCUT2D eigenvalue weighted by Crippen LogP contribution is 1.97. The normalized spacial score (nSPS) is 10.8. The van der Waals surface area contributed by atoms with Crippen molar-refractivity contribution in [1.29, 1.82) is 0 Å². The number of aliphatic hydroxyl groups is 2. The summed E-state index contributed by atoms with van der Waals surface area (Å²) in [5.41, 5.74) is 0. The summed E-state index contributed by atoms with van der Waals surface area (Å²) in [6.07, 6.45) is 3.23. The molecular formula is C7H11N2O2. The maximum absolute atomic E-state index is 8.71. The molecule has 0 spiro atoms. The summed E-state index contributed by atoms with van der Waals surface area (Å²) in [5, 5.41) is 21.3. The van der Waals surface area contributed by atoms with Gasteiger partial charge in [0.1, 0.15) is 0 Å². The van der Waals surface area contributed by atoms with Crippen LogP contribution in [0.3, 0.4) is 0 Å². The van der Waals surface area contributed by atoms with Crippen LogP contribution in [0.15, 0.2) is 12.4 Å². The molecule has 11 heavy (non-hydrogen) atoms. The van der Waals surface area contributed by atoms with E-state index >= 15 is 0 Å². The first-order chi connectivity index (χ1) is 5.36. The van der Waals surface area contributed by atoms with Gasteiger partial charge in [0.25, 0.3) is 0 Å². The van der Waals surface area contributed by atoms with E-state index in [1.807, 2.05) is 0 Å². The lowest BCUT2D eigenvalue weighted by atomic mass is 10.2. The molecule has 0 aliphatic heterocycles. The van der Waals surface area contributed by atoms with Gasteiger partial charge >= 0.3 is 0 Å². The fourth-order valence-corrected chi connectivity index (χ4v) is 0.798. The molecule has 0 saturated carbocycles. The average Bonchev–Trinajstić information content (AvgIpc) is 2.52. The molecule has 0 fully saturated rings. The Bertz CT molecular complexity index is 182. The molecule has 0 aliphatic carbocycles. The molecule has 1 heterocycles. The Morgan fingerprint density at radius 3 is 2.64 bits per heavy atom. The number of nitrogens with zero attached hydrogens (tertiary/aromatic N) is 2. The van der Waals surface area contributed by atoms with Gasteiger partial charge in [-0.1, -0.05) is 0 Å². The SMILES string of the molecule is OCC(CO)Cn1c[c]cn1. The Kier molecular flexibility index (Phi) is 3.07. The molecular weight excluding hydrogens is 144 g/mol. The highest BCUT2D eigenvalue weighted by Gasteiger charge is 2.05. The van der Waals surface area contributed by atoms with Gasteiger partial charge in [0.05, 0.1) is 6.20 Å². The molecule has 4 heteroatoms. The number of aromatic nitrogens is 2. The smallest absolute Gasteiger partial charge is 0.0569 e. The summed E-state index contributed by atoms with van der Waals surface area (Å²) in [5.74, 6) is -0.122. The molecule has 0 bridgehead atoms. The Hall–Kier alpha value is -0.870. The third-order valence-electron chi connectivity index (χ3n) is 1.47. The number of hydrogen-bond donors (Lipinski definition) is 2. The van der Waals surface area contributed by atoms with Crippen molar-refractivity contribution < 1.29 is 10.2 Å². The van der Waals surface area contributed by atoms with Gasteiger partial charge in [-0.2, -0.15) is 5.10 Å². The van der Waals surface area contributed by atoms with E-state index < -0.39 is 0 Å². The minimum absolute atomic E-state index is 0.0175. The van der Waals surface area contributed by atoms with Crippen molar-refractivity contribution in [1.82, 2.24) is 9.78 Å². The lowest BCUT2D eigenvalue weighted by Crippen LogP contribution is -2.18. The Balaban J connectivity index is 2.41. The minimum Gasteiger partial charge on any atom is -0.396 e. The molecule has 0 saturated heterocycles. The Morgan fingerprint density at radius 2 is 2.18 bits per heavy atom. The third kappa shape index (κ3) is 2.32. The van der Waals surface area contributed by atoms with Crippen molar-refractivity contribution >= 4 is 0 Å². The van der Waals surface area contributed by atoms with Gasteiger partial charge in [-0.3, -0.25) is 4.68 Å². The molecule has 0 unspecified atom stereocenters. The van der Waals surface area contributed by atoms with E-state index in [-0.39, 0.29) is 19.1 Å². The average molecular weight is 155 g/mol. The first-order valence-electron chi connectivity index (χ1n) is 3.47. The third-order valence-corrected chi connectivity index (χ3v) is 1.47. The van der Waals surface area contributed by atoms with E-state index in [1.54, 1.807) is 17.1 Å². The fourth-order valence-electron chi connectivity index (χ4n) is 0.798. The molecule has 1 aromatic rings. The highest BCUT2D eigenvalue weighted by atomic mass is 16.3. The number of rotatable bonds is 4. The van der Waals surface area contributed by atoms with E-state index in [0.717, 1.165) is 0 Å². The van der Waals surface area contributed by atoms with Crippen molar-refractivity contribution in [2.75, 3.05) is 13.2 Å². The van der Waals surface area contributed by atoms with Crippen molar-refractivity contribution in [2.45, 2.75) is 6.54 Å². The van der Waals surface area contributed by atoms with Crippen LogP contribution in [-0.4, -0.2) is 33.2 Å². The second-order valence-corrected chi connectivity index (χ2v) is 2.39. The summed E-state index contributed by atoms with van der Waals surface area (Å²) in [6, 6.07) is 2.77. The maximum atomic E-state index is 8.71. The van der Waals surface area contributed by atoms with Crippen LogP contribution in [0.1, 0.15) is 0 Å². The van der Waals surface area contributed by atoms with Crippen molar-refractivity contribution in [3.63, 3.8) is 0 Å². The Morgan fingerprint density at radius 1 is 1.45 bits per heavy atom. The van der Waals surface area contributed by atoms with Crippen LogP contribution in [0.4, 0.5) is 0 Å². The zero-order valence-electron chi connectivity index (χ0n) is 6.14. The minimum atomic E-state index is -0.122. The van der Waals surface area contributed by atoms with Crippen molar-refractivity contribution in [2.24, 2.45) is 5.92 Å². The van der Waals surface area contributed by atoms with Gasteiger partial charge in [-0.15, -0.1) is 0 Å². The van der Waals surface area contributed by atoms with Gasteiger partial charge < -0.3 is 10.2 Å². The van der Waals surface area contributed by atoms with Crippen LogP contribution in [-0.2, 0) is 6.54 Å². The molecule has 1 radical (unpaired) electrons. The van der Waals surface area contributed by atoms with Gasteiger partial charge in [0, 0.05) is 37.9 Å². The zero-order valence-corrected chi connectivity index (χ0v) is 6.14. The summed E-state index contributed by atoms with van der Waals surface area (Å²) < 4.78 is 1.64. The lowest BCUT2D eigenvalue weighted by molar-refractivity contribution is 0.134. The van der Waals surface area contributed by atoms with Gasteiger partial charge in [-0.05, 0) is 0 Å². The summed E-state index contributed by atoms with van der Waals surface area (Å²) in [6.45, 7) is 0.503. The predicted octanol–water partition coefficient (Wildman–Crippen LogP) is -0.716. The van der Waals surface area contributed by atoms with E-state index in [4.69, 9.17) is 10.2 Å². The van der Waals surface area contributed by atoms with Crippen LogP contribution in [0.5, 0.6) is 0 Å². The maximum Gasteiger partial charge on any atom is 0.0569 e. The Labute approximate surface area is 65.1 Å². The molecule has 61 valence electrons. The van der Waals surface area contributed by atoms with E-state index in [0.29, 0.717) is 6.54 Å². The van der Waals surface area contributed by atoms with Crippen LogP contribution in [0.25, 0.3) is 0 Å². The van der Waals surface area contributed by atoms with E-state index in [1.165, 1.54) is 0 Å². The first-order valence-corrected chi connectivity index (χ1v) is 3.47. The second-order valence-electron chi connectivity index (χ2n) is 2.39. The monoisotopic (exact) mass is 155 g/mol. The molecule has 1 aromatic heterocycles. The van der Waals surface area contributed by atoms with Crippen molar-refractivity contribution in [3.05, 3.63) is 18.5 Å². The van der Waals surface area contributed by atoms with Crippen molar-refractivity contribution in [3.8, 4) is 0 Å². The molecule has 4 nitrogen and oxygen atoms in total. The van der Waals surface area contributed by atoms with Crippen LogP contribution in [0, 0.1) is 12.0 Å².